The molecule has 0 spiro atoms. The van der Waals surface area contributed by atoms with Gasteiger partial charge in [0.25, 0.3) is 0 Å². The fourth-order valence-corrected chi connectivity index (χ4v) is 2.95. The van der Waals surface area contributed by atoms with E-state index in [0.717, 1.165) is 12.8 Å². The maximum absolute atomic E-state index is 11.8. The third-order valence-corrected chi connectivity index (χ3v) is 5.34. The molecule has 30 heavy (non-hydrogen) atoms. The maximum Gasteiger partial charge on any atom is 0.249 e. The van der Waals surface area contributed by atoms with Crippen LogP contribution in [0.3, 0.4) is 0 Å². The van der Waals surface area contributed by atoms with E-state index < -0.39 is 17.4 Å². The van der Waals surface area contributed by atoms with E-state index >= 15 is 0 Å². The SMILES string of the molecule is CCCCCCC=C=CCC(=O)SCCNC(=O)CCNC(=O)C(O)C(C)(C)CO. The number of hydrogen-bond donors (Lipinski definition) is 4. The molecule has 0 bridgehead atoms. The second-order valence-electron chi connectivity index (χ2n) is 7.79. The van der Waals surface area contributed by atoms with Crippen molar-refractivity contribution < 1.29 is 24.6 Å². The van der Waals surface area contributed by atoms with Crippen LogP contribution in [0.5, 0.6) is 0 Å². The first kappa shape index (κ1) is 28.4. The molecule has 0 aromatic rings. The third kappa shape index (κ3) is 14.4. The number of carbonyl (C=O) groups is 3. The largest absolute Gasteiger partial charge is 0.396 e. The maximum atomic E-state index is 11.8. The van der Waals surface area contributed by atoms with Gasteiger partial charge in [0.15, 0.2) is 5.12 Å². The molecule has 0 heterocycles. The van der Waals surface area contributed by atoms with Crippen molar-refractivity contribution in [3.8, 4) is 0 Å². The molecule has 7 nitrogen and oxygen atoms in total. The summed E-state index contributed by atoms with van der Waals surface area (Å²) in [6.07, 6.45) is 8.60. The lowest BCUT2D eigenvalue weighted by atomic mass is 9.87. The first-order chi connectivity index (χ1) is 14.2. The zero-order chi connectivity index (χ0) is 22.8. The molecular formula is C22H38N2O5S. The Bertz CT molecular complexity index is 586. The van der Waals surface area contributed by atoms with Crippen LogP contribution in [0.2, 0.25) is 0 Å². The van der Waals surface area contributed by atoms with Gasteiger partial charge >= 0.3 is 0 Å². The molecule has 8 heteroatoms. The van der Waals surface area contributed by atoms with E-state index in [0.29, 0.717) is 18.7 Å². The lowest BCUT2D eigenvalue weighted by Crippen LogP contribution is -2.46. The molecule has 172 valence electrons. The Morgan fingerprint density at radius 2 is 1.83 bits per heavy atom. The van der Waals surface area contributed by atoms with Crippen molar-refractivity contribution in [2.24, 2.45) is 5.41 Å². The van der Waals surface area contributed by atoms with Crippen molar-refractivity contribution >= 4 is 28.7 Å². The first-order valence-electron chi connectivity index (χ1n) is 10.6. The van der Waals surface area contributed by atoms with E-state index in [1.807, 2.05) is 6.08 Å². The summed E-state index contributed by atoms with van der Waals surface area (Å²) >= 11 is 1.17. The molecule has 0 aliphatic carbocycles. The summed E-state index contributed by atoms with van der Waals surface area (Å²) in [5.74, 6) is -0.384. The Morgan fingerprint density at radius 1 is 1.10 bits per heavy atom. The average Bonchev–Trinajstić information content (AvgIpc) is 2.72. The molecule has 0 aliphatic rings. The van der Waals surface area contributed by atoms with E-state index in [2.05, 4.69) is 23.3 Å². The van der Waals surface area contributed by atoms with Crippen LogP contribution in [-0.4, -0.2) is 58.7 Å². The van der Waals surface area contributed by atoms with Crippen LogP contribution in [0.1, 0.15) is 65.7 Å². The molecule has 0 rings (SSSR count). The summed E-state index contributed by atoms with van der Waals surface area (Å²) < 4.78 is 0. The number of amides is 2. The first-order valence-corrected chi connectivity index (χ1v) is 11.6. The highest BCUT2D eigenvalue weighted by molar-refractivity contribution is 8.13. The van der Waals surface area contributed by atoms with Crippen LogP contribution in [0.4, 0.5) is 0 Å². The number of hydrogen-bond acceptors (Lipinski definition) is 6. The van der Waals surface area contributed by atoms with Gasteiger partial charge in [-0.2, -0.15) is 0 Å². The predicted molar refractivity (Wildman–Crippen MR) is 121 cm³/mol. The Balaban J connectivity index is 3.81. The minimum absolute atomic E-state index is 0.0314. The summed E-state index contributed by atoms with van der Waals surface area (Å²) in [6.45, 7) is 5.45. The zero-order valence-corrected chi connectivity index (χ0v) is 19.4. The summed E-state index contributed by atoms with van der Waals surface area (Å²) in [4.78, 5) is 35.3. The average molecular weight is 443 g/mol. The van der Waals surface area contributed by atoms with Gasteiger partial charge in [0.1, 0.15) is 6.10 Å². The fourth-order valence-electron chi connectivity index (χ4n) is 2.32. The van der Waals surface area contributed by atoms with Crippen molar-refractivity contribution in [3.05, 3.63) is 17.9 Å². The molecule has 4 N–H and O–H groups in total. The van der Waals surface area contributed by atoms with Gasteiger partial charge in [-0.15, -0.1) is 5.73 Å². The number of rotatable bonds is 16. The van der Waals surface area contributed by atoms with Crippen molar-refractivity contribution in [1.29, 1.82) is 0 Å². The van der Waals surface area contributed by atoms with Gasteiger partial charge in [0.2, 0.25) is 11.8 Å². The summed E-state index contributed by atoms with van der Waals surface area (Å²) in [5.41, 5.74) is 2.09. The van der Waals surface area contributed by atoms with Gasteiger partial charge in [0.05, 0.1) is 6.61 Å². The van der Waals surface area contributed by atoms with Crippen LogP contribution < -0.4 is 10.6 Å². The number of thioether (sulfide) groups is 1. The number of unbranched alkanes of at least 4 members (excludes halogenated alkanes) is 4. The molecule has 0 fully saturated rings. The molecule has 0 saturated carbocycles. The van der Waals surface area contributed by atoms with Crippen LogP contribution in [-0.2, 0) is 14.4 Å². The Labute approximate surface area is 184 Å². The topological polar surface area (TPSA) is 116 Å². The molecule has 0 saturated heterocycles. The standard InChI is InChI=1S/C22H38N2O5S/c1-4-5-6-7-8-9-10-11-12-19(27)30-16-15-23-18(26)13-14-24-21(29)20(28)22(2,3)17-25/h9,11,20,25,28H,4-8,12-17H2,1-3H3,(H,23,26)(H,24,29). The van der Waals surface area contributed by atoms with Crippen molar-refractivity contribution in [3.63, 3.8) is 0 Å². The lowest BCUT2D eigenvalue weighted by Gasteiger charge is -2.27. The lowest BCUT2D eigenvalue weighted by molar-refractivity contribution is -0.137. The number of aliphatic hydroxyl groups excluding tert-OH is 2. The van der Waals surface area contributed by atoms with Gasteiger partial charge in [0, 0.05) is 37.1 Å². The number of allylic oxidation sites excluding steroid dienone is 1. The van der Waals surface area contributed by atoms with E-state index in [9.17, 15) is 19.5 Å². The predicted octanol–water partition coefficient (Wildman–Crippen LogP) is 2.32. The number of carbonyl (C=O) groups excluding carboxylic acids is 3. The molecular weight excluding hydrogens is 404 g/mol. The van der Waals surface area contributed by atoms with Crippen LogP contribution in [0.25, 0.3) is 0 Å². The fraction of sp³-hybridized carbons (Fsp3) is 0.727. The Morgan fingerprint density at radius 3 is 2.50 bits per heavy atom. The van der Waals surface area contributed by atoms with E-state index in [1.165, 1.54) is 31.0 Å². The quantitative estimate of drug-likeness (QED) is 0.215. The van der Waals surface area contributed by atoms with E-state index in [-0.39, 0.29) is 30.6 Å². The Kier molecular flexibility index (Phi) is 16.2. The van der Waals surface area contributed by atoms with Gasteiger partial charge < -0.3 is 20.8 Å². The molecule has 2 amide bonds. The van der Waals surface area contributed by atoms with Crippen molar-refractivity contribution in [2.75, 3.05) is 25.4 Å². The monoisotopic (exact) mass is 442 g/mol. The zero-order valence-electron chi connectivity index (χ0n) is 18.5. The number of nitrogens with one attached hydrogen (secondary N) is 2. The molecule has 0 aromatic carbocycles. The smallest absolute Gasteiger partial charge is 0.249 e. The van der Waals surface area contributed by atoms with E-state index in [4.69, 9.17) is 5.11 Å². The van der Waals surface area contributed by atoms with Gasteiger partial charge in [-0.3, -0.25) is 14.4 Å². The summed E-state index contributed by atoms with van der Waals surface area (Å²) in [5, 5.41) is 24.2. The highest BCUT2D eigenvalue weighted by Crippen LogP contribution is 2.19. The van der Waals surface area contributed by atoms with Crippen LogP contribution in [0.15, 0.2) is 17.9 Å². The number of aliphatic hydroxyl groups is 2. The highest BCUT2D eigenvalue weighted by atomic mass is 32.2. The van der Waals surface area contributed by atoms with Crippen molar-refractivity contribution in [1.82, 2.24) is 10.6 Å². The van der Waals surface area contributed by atoms with Crippen LogP contribution >= 0.6 is 11.8 Å². The van der Waals surface area contributed by atoms with Crippen LogP contribution in [0, 0.1) is 5.41 Å². The molecule has 1 unspecified atom stereocenters. The van der Waals surface area contributed by atoms with Gasteiger partial charge in [-0.25, -0.2) is 0 Å². The molecule has 0 aromatic heterocycles. The second-order valence-corrected chi connectivity index (χ2v) is 8.94. The normalized spacial score (nSPS) is 11.9. The highest BCUT2D eigenvalue weighted by Gasteiger charge is 2.32. The molecule has 0 radical (unpaired) electrons. The van der Waals surface area contributed by atoms with E-state index in [1.54, 1.807) is 19.9 Å². The minimum atomic E-state index is -1.35. The summed E-state index contributed by atoms with van der Waals surface area (Å²) in [6, 6.07) is 0. The molecule has 0 aliphatic heterocycles. The van der Waals surface area contributed by atoms with Crippen molar-refractivity contribution in [2.45, 2.75) is 71.8 Å². The van der Waals surface area contributed by atoms with Gasteiger partial charge in [-0.05, 0) is 25.0 Å². The van der Waals surface area contributed by atoms with Gasteiger partial charge in [-0.1, -0.05) is 51.8 Å². The minimum Gasteiger partial charge on any atom is -0.396 e. The molecule has 1 atom stereocenters. The second kappa shape index (κ2) is 17.1. The Hall–Kier alpha value is -1.60. The third-order valence-electron chi connectivity index (χ3n) is 4.44. The summed E-state index contributed by atoms with van der Waals surface area (Å²) in [7, 11) is 0.